The molecule has 3 heterocycles. The summed E-state index contributed by atoms with van der Waals surface area (Å²) < 4.78 is 6.10. The zero-order valence-electron chi connectivity index (χ0n) is 21.3. The molecule has 38 heavy (non-hydrogen) atoms. The Morgan fingerprint density at radius 2 is 1.97 bits per heavy atom. The van der Waals surface area contributed by atoms with Gasteiger partial charge in [-0.3, -0.25) is 24.7 Å². The summed E-state index contributed by atoms with van der Waals surface area (Å²) >= 11 is 0. The standard InChI is InChI=1S/C30H30N4O4/c1-3-20(15-27-31-16-21-7-4-5-9-24(21)32-27)12-11-19(2)18-38-26-10-6-8-22-23(26)17-34(30(22)37)25-13-14-28(35)33-29(25)36/h3-12,25H,1,13-18H2,2H3,(H,31,32)(H,33,35,36)/b19-11+,20-12+. The van der Waals surface area contributed by atoms with Crippen LogP contribution >= 0.6 is 0 Å². The summed E-state index contributed by atoms with van der Waals surface area (Å²) in [4.78, 5) is 43.0. The molecule has 1 fully saturated rings. The van der Waals surface area contributed by atoms with E-state index in [2.05, 4.69) is 34.3 Å². The smallest absolute Gasteiger partial charge is 0.255 e. The Morgan fingerprint density at radius 1 is 1.13 bits per heavy atom. The molecular weight excluding hydrogens is 480 g/mol. The first-order valence-corrected chi connectivity index (χ1v) is 12.7. The Bertz CT molecular complexity index is 1400. The van der Waals surface area contributed by atoms with E-state index in [0.717, 1.165) is 28.2 Å². The van der Waals surface area contributed by atoms with E-state index in [-0.39, 0.29) is 24.8 Å². The molecule has 5 rings (SSSR count). The van der Waals surface area contributed by atoms with Crippen LogP contribution in [0.1, 0.15) is 47.7 Å². The van der Waals surface area contributed by atoms with E-state index >= 15 is 0 Å². The number of amides is 3. The van der Waals surface area contributed by atoms with Crippen LogP contribution in [0.3, 0.4) is 0 Å². The van der Waals surface area contributed by atoms with Crippen LogP contribution in [0.15, 0.2) is 83.4 Å². The Hall–Kier alpha value is -4.46. The van der Waals surface area contributed by atoms with Gasteiger partial charge >= 0.3 is 0 Å². The lowest BCUT2D eigenvalue weighted by molar-refractivity contribution is -0.136. The van der Waals surface area contributed by atoms with Crippen molar-refractivity contribution in [2.24, 2.45) is 4.99 Å². The second-order valence-electron chi connectivity index (χ2n) is 9.65. The van der Waals surface area contributed by atoms with E-state index in [0.29, 0.717) is 37.3 Å². The third-order valence-electron chi connectivity index (χ3n) is 6.95. The van der Waals surface area contributed by atoms with Crippen LogP contribution in [-0.2, 0) is 22.7 Å². The number of aliphatic imine (C=N–C) groups is 1. The predicted octanol–water partition coefficient (Wildman–Crippen LogP) is 4.30. The number of nitrogens with one attached hydrogen (secondary N) is 2. The van der Waals surface area contributed by atoms with E-state index in [1.54, 1.807) is 12.1 Å². The first kappa shape index (κ1) is 25.2. The fraction of sp³-hybridized carbons (Fsp3) is 0.267. The molecule has 3 amide bonds. The van der Waals surface area contributed by atoms with Gasteiger partial charge in [-0.2, -0.15) is 0 Å². The fourth-order valence-corrected chi connectivity index (χ4v) is 4.83. The van der Waals surface area contributed by atoms with Crippen LogP contribution in [0.4, 0.5) is 5.69 Å². The van der Waals surface area contributed by atoms with Crippen molar-refractivity contribution in [1.82, 2.24) is 10.2 Å². The van der Waals surface area contributed by atoms with Crippen molar-refractivity contribution in [1.29, 1.82) is 0 Å². The van der Waals surface area contributed by atoms with Gasteiger partial charge in [-0.1, -0.05) is 49.1 Å². The number of carbonyl (C=O) groups excluding carboxylic acids is 3. The predicted molar refractivity (Wildman–Crippen MR) is 146 cm³/mol. The van der Waals surface area contributed by atoms with E-state index in [4.69, 9.17) is 4.74 Å². The molecule has 3 aliphatic rings. The minimum atomic E-state index is -0.652. The number of anilines is 1. The van der Waals surface area contributed by atoms with E-state index < -0.39 is 11.9 Å². The van der Waals surface area contributed by atoms with Gasteiger partial charge in [0.15, 0.2) is 0 Å². The molecule has 8 heteroatoms. The van der Waals surface area contributed by atoms with Crippen LogP contribution in [0.25, 0.3) is 0 Å². The number of rotatable bonds is 8. The van der Waals surface area contributed by atoms with Crippen LogP contribution in [0.5, 0.6) is 5.75 Å². The zero-order valence-corrected chi connectivity index (χ0v) is 21.3. The number of benzene rings is 2. The Kier molecular flexibility index (Phi) is 7.22. The molecule has 0 aliphatic carbocycles. The Labute approximate surface area is 221 Å². The Morgan fingerprint density at radius 3 is 2.79 bits per heavy atom. The topological polar surface area (TPSA) is 100 Å². The second-order valence-corrected chi connectivity index (χ2v) is 9.65. The number of carbonyl (C=O) groups is 3. The summed E-state index contributed by atoms with van der Waals surface area (Å²) in [5.74, 6) is 0.580. The first-order valence-electron chi connectivity index (χ1n) is 12.7. The Balaban J connectivity index is 1.22. The maximum Gasteiger partial charge on any atom is 0.255 e. The number of hydrogen-bond donors (Lipinski definition) is 2. The molecule has 0 radical (unpaired) electrons. The third-order valence-corrected chi connectivity index (χ3v) is 6.95. The number of para-hydroxylation sites is 1. The number of fused-ring (bicyclic) bond motifs is 2. The van der Waals surface area contributed by atoms with Gasteiger partial charge in [0, 0.05) is 29.7 Å². The number of nitrogens with zero attached hydrogens (tertiary/aromatic N) is 2. The van der Waals surface area contributed by atoms with Crippen molar-refractivity contribution in [3.05, 3.63) is 95.1 Å². The van der Waals surface area contributed by atoms with Crippen LogP contribution in [0, 0.1) is 0 Å². The quantitative estimate of drug-likeness (QED) is 0.408. The molecular formula is C30H30N4O4. The summed E-state index contributed by atoms with van der Waals surface area (Å²) in [5.41, 5.74) is 5.59. The van der Waals surface area contributed by atoms with E-state index in [9.17, 15) is 14.4 Å². The number of imide groups is 1. The number of ether oxygens (including phenoxy) is 1. The van der Waals surface area contributed by atoms with E-state index in [1.807, 2.05) is 43.4 Å². The summed E-state index contributed by atoms with van der Waals surface area (Å²) in [7, 11) is 0. The summed E-state index contributed by atoms with van der Waals surface area (Å²) in [6.45, 7) is 7.21. The van der Waals surface area contributed by atoms with Gasteiger partial charge in [0.2, 0.25) is 11.8 Å². The van der Waals surface area contributed by atoms with Crippen molar-refractivity contribution in [3.63, 3.8) is 0 Å². The lowest BCUT2D eigenvalue weighted by Gasteiger charge is -2.29. The highest BCUT2D eigenvalue weighted by Gasteiger charge is 2.40. The fourth-order valence-electron chi connectivity index (χ4n) is 4.83. The van der Waals surface area contributed by atoms with Crippen molar-refractivity contribution in [2.75, 3.05) is 11.9 Å². The summed E-state index contributed by atoms with van der Waals surface area (Å²) in [5, 5.41) is 5.73. The van der Waals surface area contributed by atoms with Gasteiger partial charge in [0.05, 0.1) is 13.1 Å². The average molecular weight is 511 g/mol. The van der Waals surface area contributed by atoms with Crippen molar-refractivity contribution in [2.45, 2.75) is 45.3 Å². The molecule has 1 unspecified atom stereocenters. The van der Waals surface area contributed by atoms with Gasteiger partial charge < -0.3 is 15.0 Å². The molecule has 2 aromatic carbocycles. The molecule has 194 valence electrons. The molecule has 3 aliphatic heterocycles. The summed E-state index contributed by atoms with van der Waals surface area (Å²) in [6.07, 6.45) is 7.04. The largest absolute Gasteiger partial charge is 0.489 e. The number of piperidine rings is 1. The van der Waals surface area contributed by atoms with Crippen molar-refractivity contribution >= 4 is 29.2 Å². The van der Waals surface area contributed by atoms with Gasteiger partial charge in [0.25, 0.3) is 5.91 Å². The zero-order chi connectivity index (χ0) is 26.6. The molecule has 1 saturated heterocycles. The first-order chi connectivity index (χ1) is 18.4. The molecule has 0 bridgehead atoms. The van der Waals surface area contributed by atoms with Crippen LogP contribution in [0.2, 0.25) is 0 Å². The maximum atomic E-state index is 13.0. The molecule has 1 atom stereocenters. The average Bonchev–Trinajstić information content (AvgIpc) is 3.26. The van der Waals surface area contributed by atoms with Gasteiger partial charge in [0.1, 0.15) is 24.2 Å². The molecule has 2 N–H and O–H groups in total. The highest BCUT2D eigenvalue weighted by atomic mass is 16.5. The highest BCUT2D eigenvalue weighted by molar-refractivity contribution is 6.05. The lowest BCUT2D eigenvalue weighted by Crippen LogP contribution is -2.52. The second kappa shape index (κ2) is 10.9. The van der Waals surface area contributed by atoms with Crippen molar-refractivity contribution in [3.8, 4) is 5.75 Å². The minimum Gasteiger partial charge on any atom is -0.489 e. The molecule has 0 aromatic heterocycles. The molecule has 0 spiro atoms. The molecule has 8 nitrogen and oxygen atoms in total. The minimum absolute atomic E-state index is 0.215. The monoisotopic (exact) mass is 510 g/mol. The van der Waals surface area contributed by atoms with Gasteiger partial charge in [-0.15, -0.1) is 0 Å². The summed E-state index contributed by atoms with van der Waals surface area (Å²) in [6, 6.07) is 12.9. The van der Waals surface area contributed by atoms with Gasteiger partial charge in [-0.25, -0.2) is 0 Å². The normalized spacial score (nSPS) is 19.3. The SMILES string of the molecule is C=C/C(=C\C=C(/C)COc1cccc2c1CN(C1CCC(=O)NC1=O)C2=O)CC1=NCc2ccccc2N1. The number of allylic oxidation sites excluding steroid dienone is 3. The third kappa shape index (κ3) is 5.29. The number of hydrogen-bond acceptors (Lipinski definition) is 6. The van der Waals surface area contributed by atoms with Crippen molar-refractivity contribution < 1.29 is 19.1 Å². The van der Waals surface area contributed by atoms with Crippen LogP contribution in [-0.4, -0.2) is 41.1 Å². The maximum absolute atomic E-state index is 13.0. The van der Waals surface area contributed by atoms with Crippen LogP contribution < -0.4 is 15.4 Å². The lowest BCUT2D eigenvalue weighted by atomic mass is 10.0. The van der Waals surface area contributed by atoms with E-state index in [1.165, 1.54) is 10.5 Å². The van der Waals surface area contributed by atoms with Gasteiger partial charge in [-0.05, 0) is 48.3 Å². The molecule has 2 aromatic rings. The number of amidine groups is 1. The highest BCUT2D eigenvalue weighted by Crippen LogP contribution is 2.33. The molecule has 0 saturated carbocycles.